The van der Waals surface area contributed by atoms with Gasteiger partial charge in [-0.15, -0.1) is 0 Å². The molecule has 3 aromatic rings. The van der Waals surface area contributed by atoms with Gasteiger partial charge in [-0.05, 0) is 73.7 Å². The number of benzene rings is 2. The van der Waals surface area contributed by atoms with Crippen molar-refractivity contribution in [2.75, 3.05) is 4.90 Å². The van der Waals surface area contributed by atoms with E-state index < -0.39 is 5.25 Å². The first-order valence-corrected chi connectivity index (χ1v) is 11.8. The molecule has 0 spiro atoms. The Kier molecular flexibility index (Phi) is 5.84. The van der Waals surface area contributed by atoms with Crippen molar-refractivity contribution in [2.24, 2.45) is 0 Å². The molecule has 2 aliphatic rings. The Hall–Kier alpha value is -3.63. The number of thioether (sulfide) groups is 1. The first-order chi connectivity index (χ1) is 16.1. The lowest BCUT2D eigenvalue weighted by Gasteiger charge is -2.18. The Morgan fingerprint density at radius 3 is 2.48 bits per heavy atom. The zero-order valence-electron chi connectivity index (χ0n) is 17.9. The first-order valence-electron chi connectivity index (χ1n) is 10.9. The average Bonchev–Trinajstić information content (AvgIpc) is 3.12. The van der Waals surface area contributed by atoms with Crippen molar-refractivity contribution in [1.82, 2.24) is 4.98 Å². The molecule has 2 heterocycles. The largest absolute Gasteiger partial charge is 0.457 e. The van der Waals surface area contributed by atoms with Gasteiger partial charge in [-0.25, -0.2) is 9.88 Å². The van der Waals surface area contributed by atoms with E-state index in [1.54, 1.807) is 24.3 Å². The van der Waals surface area contributed by atoms with Crippen LogP contribution in [0.3, 0.4) is 0 Å². The molecule has 1 aliphatic heterocycles. The maximum Gasteiger partial charge on any atom is 0.247 e. The maximum atomic E-state index is 13.1. The lowest BCUT2D eigenvalue weighted by Crippen LogP contribution is -2.31. The molecular weight excluding hydrogens is 434 g/mol. The van der Waals surface area contributed by atoms with Crippen LogP contribution in [0.4, 0.5) is 5.69 Å². The minimum atomic E-state index is -0.598. The smallest absolute Gasteiger partial charge is 0.247 e. The standard InChI is InChI=1S/C26H21N3O3S/c27-16-18-14-17-6-4-5-9-22(17)28-25(18)33-23-15-24(30)29(26(23)31)19-10-12-21(13-11-19)32-20-7-2-1-3-8-20/h1-3,7-8,10-14,23H,4-6,9,15H2. The second kappa shape index (κ2) is 9.08. The number of pyridine rings is 1. The first kappa shape index (κ1) is 21.2. The Balaban J connectivity index is 1.33. The molecule has 0 bridgehead atoms. The summed E-state index contributed by atoms with van der Waals surface area (Å²) in [5.41, 5.74) is 3.11. The van der Waals surface area contributed by atoms with Crippen LogP contribution >= 0.6 is 11.8 Å². The summed E-state index contributed by atoms with van der Waals surface area (Å²) >= 11 is 1.22. The minimum absolute atomic E-state index is 0.0788. The molecule has 5 rings (SSSR count). The Labute approximate surface area is 196 Å². The molecule has 164 valence electrons. The summed E-state index contributed by atoms with van der Waals surface area (Å²) in [6, 6.07) is 20.4. The number of aromatic nitrogens is 1. The number of aryl methyl sites for hydroxylation is 2. The Morgan fingerprint density at radius 2 is 1.73 bits per heavy atom. The van der Waals surface area contributed by atoms with Crippen molar-refractivity contribution in [1.29, 1.82) is 5.26 Å². The molecule has 1 saturated heterocycles. The molecule has 33 heavy (non-hydrogen) atoms. The third-order valence-electron chi connectivity index (χ3n) is 5.82. The number of rotatable bonds is 5. The fourth-order valence-electron chi connectivity index (χ4n) is 4.17. The van der Waals surface area contributed by atoms with Gasteiger partial charge in [0.1, 0.15) is 22.6 Å². The highest BCUT2D eigenvalue weighted by Crippen LogP contribution is 2.36. The van der Waals surface area contributed by atoms with E-state index in [0.717, 1.165) is 36.9 Å². The number of anilines is 1. The molecule has 7 heteroatoms. The molecule has 1 unspecified atom stereocenters. The summed E-state index contributed by atoms with van der Waals surface area (Å²) in [4.78, 5) is 31.8. The number of amides is 2. The number of imide groups is 1. The van der Waals surface area contributed by atoms with Crippen LogP contribution in [0.5, 0.6) is 11.5 Å². The van der Waals surface area contributed by atoms with Crippen LogP contribution in [0.1, 0.15) is 36.1 Å². The van der Waals surface area contributed by atoms with Crippen molar-refractivity contribution >= 4 is 29.3 Å². The molecule has 0 radical (unpaired) electrons. The summed E-state index contributed by atoms with van der Waals surface area (Å²) in [5, 5.41) is 9.54. The molecule has 1 aliphatic carbocycles. The predicted octanol–water partition coefficient (Wildman–Crippen LogP) is 5.05. The van der Waals surface area contributed by atoms with E-state index in [0.29, 0.717) is 27.8 Å². The van der Waals surface area contributed by atoms with Crippen LogP contribution in [0.15, 0.2) is 65.7 Å². The van der Waals surface area contributed by atoms with Gasteiger partial charge in [-0.3, -0.25) is 9.59 Å². The Bertz CT molecular complexity index is 1250. The molecule has 1 atom stereocenters. The number of fused-ring (bicyclic) bond motifs is 1. The zero-order valence-corrected chi connectivity index (χ0v) is 18.7. The van der Waals surface area contributed by atoms with E-state index in [-0.39, 0.29) is 18.2 Å². The number of nitrogens with zero attached hydrogens (tertiary/aromatic N) is 3. The summed E-state index contributed by atoms with van der Waals surface area (Å²) in [6.07, 6.45) is 4.08. The summed E-state index contributed by atoms with van der Waals surface area (Å²) < 4.78 is 5.79. The summed E-state index contributed by atoms with van der Waals surface area (Å²) in [6.45, 7) is 0. The van der Waals surface area contributed by atoms with Gasteiger partial charge in [0.2, 0.25) is 11.8 Å². The molecule has 1 fully saturated rings. The normalized spacial score (nSPS) is 17.5. The number of hydrogen-bond acceptors (Lipinski definition) is 6. The number of para-hydroxylation sites is 1. The third kappa shape index (κ3) is 4.35. The molecule has 6 nitrogen and oxygen atoms in total. The highest BCUT2D eigenvalue weighted by Gasteiger charge is 2.41. The predicted molar refractivity (Wildman–Crippen MR) is 125 cm³/mol. The van der Waals surface area contributed by atoms with Crippen LogP contribution in [-0.2, 0) is 22.4 Å². The van der Waals surface area contributed by atoms with E-state index in [1.807, 2.05) is 36.4 Å². The quantitative estimate of drug-likeness (QED) is 0.501. The minimum Gasteiger partial charge on any atom is -0.457 e. The highest BCUT2D eigenvalue weighted by molar-refractivity contribution is 8.00. The molecule has 0 N–H and O–H groups in total. The summed E-state index contributed by atoms with van der Waals surface area (Å²) in [7, 11) is 0. The average molecular weight is 456 g/mol. The van der Waals surface area contributed by atoms with Crippen LogP contribution in [0.2, 0.25) is 0 Å². The molecule has 0 saturated carbocycles. The van der Waals surface area contributed by atoms with Crippen molar-refractivity contribution in [3.8, 4) is 17.6 Å². The number of carbonyl (C=O) groups excluding carboxylic acids is 2. The van der Waals surface area contributed by atoms with Crippen molar-refractivity contribution in [3.63, 3.8) is 0 Å². The number of carbonyl (C=O) groups is 2. The third-order valence-corrected chi connectivity index (χ3v) is 7.01. The molecular formula is C26H21N3O3S. The second-order valence-corrected chi connectivity index (χ2v) is 9.24. The number of ether oxygens (including phenoxy) is 1. The van der Waals surface area contributed by atoms with Crippen LogP contribution in [0, 0.1) is 11.3 Å². The maximum absolute atomic E-state index is 13.1. The van der Waals surface area contributed by atoms with Gasteiger partial charge < -0.3 is 4.74 Å². The fraction of sp³-hybridized carbons (Fsp3) is 0.231. The fourth-order valence-corrected chi connectivity index (χ4v) is 5.27. The van der Waals surface area contributed by atoms with Crippen molar-refractivity contribution < 1.29 is 14.3 Å². The Morgan fingerprint density at radius 1 is 1.00 bits per heavy atom. The van der Waals surface area contributed by atoms with Gasteiger partial charge in [0.25, 0.3) is 0 Å². The second-order valence-electron chi connectivity index (χ2n) is 8.05. The van der Waals surface area contributed by atoms with Gasteiger partial charge >= 0.3 is 0 Å². The van der Waals surface area contributed by atoms with Crippen LogP contribution < -0.4 is 9.64 Å². The molecule has 1 aromatic heterocycles. The van der Waals surface area contributed by atoms with Gasteiger partial charge in [-0.2, -0.15) is 5.26 Å². The highest BCUT2D eigenvalue weighted by atomic mass is 32.2. The van der Waals surface area contributed by atoms with Gasteiger partial charge in [0, 0.05) is 12.1 Å². The SMILES string of the molecule is N#Cc1cc2c(nc1SC1CC(=O)N(c3ccc(Oc4ccccc4)cc3)C1=O)CCCC2. The van der Waals surface area contributed by atoms with Gasteiger partial charge in [0.15, 0.2) is 0 Å². The lowest BCUT2D eigenvalue weighted by atomic mass is 9.95. The monoisotopic (exact) mass is 455 g/mol. The zero-order chi connectivity index (χ0) is 22.8. The summed E-state index contributed by atoms with van der Waals surface area (Å²) in [5.74, 6) is 0.781. The van der Waals surface area contributed by atoms with Crippen LogP contribution in [-0.4, -0.2) is 22.0 Å². The molecule has 2 aromatic carbocycles. The van der Waals surface area contributed by atoms with E-state index >= 15 is 0 Å². The van der Waals surface area contributed by atoms with Crippen LogP contribution in [0.25, 0.3) is 0 Å². The van der Waals surface area contributed by atoms with Gasteiger partial charge in [-0.1, -0.05) is 30.0 Å². The van der Waals surface area contributed by atoms with E-state index in [1.165, 1.54) is 16.7 Å². The molecule has 2 amide bonds. The van der Waals surface area contributed by atoms with E-state index in [2.05, 4.69) is 6.07 Å². The number of nitriles is 1. The van der Waals surface area contributed by atoms with Crippen molar-refractivity contribution in [2.45, 2.75) is 42.4 Å². The lowest BCUT2D eigenvalue weighted by molar-refractivity contribution is -0.121. The topological polar surface area (TPSA) is 83.3 Å². The van der Waals surface area contributed by atoms with E-state index in [9.17, 15) is 14.9 Å². The number of hydrogen-bond donors (Lipinski definition) is 0. The van der Waals surface area contributed by atoms with Crippen molar-refractivity contribution in [3.05, 3.63) is 77.5 Å². The van der Waals surface area contributed by atoms with Gasteiger partial charge in [0.05, 0.1) is 16.5 Å². The van der Waals surface area contributed by atoms with E-state index in [4.69, 9.17) is 9.72 Å².